The van der Waals surface area contributed by atoms with E-state index in [2.05, 4.69) is 5.32 Å². The van der Waals surface area contributed by atoms with Crippen LogP contribution in [-0.2, 0) is 15.0 Å². The highest BCUT2D eigenvalue weighted by molar-refractivity contribution is 5.89. The molecule has 1 aromatic carbocycles. The van der Waals surface area contributed by atoms with Crippen molar-refractivity contribution < 1.29 is 14.7 Å². The summed E-state index contributed by atoms with van der Waals surface area (Å²) in [5.41, 5.74) is 0.681. The van der Waals surface area contributed by atoms with Crippen LogP contribution in [-0.4, -0.2) is 23.0 Å². The highest BCUT2D eigenvalue weighted by Crippen LogP contribution is 2.41. The van der Waals surface area contributed by atoms with Crippen molar-refractivity contribution in [2.75, 3.05) is 0 Å². The van der Waals surface area contributed by atoms with Crippen LogP contribution in [0.3, 0.4) is 0 Å². The number of carboxylic acids is 1. The Kier molecular flexibility index (Phi) is 4.19. The summed E-state index contributed by atoms with van der Waals surface area (Å²) >= 11 is 0. The Balaban J connectivity index is 1.73. The normalized spacial score (nSPS) is 26.7. The summed E-state index contributed by atoms with van der Waals surface area (Å²) < 4.78 is 0. The van der Waals surface area contributed by atoms with Crippen molar-refractivity contribution in [1.82, 2.24) is 5.32 Å². The molecule has 0 unspecified atom stereocenters. The van der Waals surface area contributed by atoms with Crippen molar-refractivity contribution in [3.63, 3.8) is 0 Å². The number of amides is 1. The molecule has 0 saturated heterocycles. The van der Waals surface area contributed by atoms with Gasteiger partial charge in [-0.1, -0.05) is 43.2 Å². The molecule has 4 heteroatoms. The monoisotopic (exact) mass is 301 g/mol. The highest BCUT2D eigenvalue weighted by atomic mass is 16.4. The number of nitrogens with one attached hydrogen (secondary N) is 1. The van der Waals surface area contributed by atoms with Crippen molar-refractivity contribution >= 4 is 11.9 Å². The smallest absolute Gasteiger partial charge is 0.306 e. The summed E-state index contributed by atoms with van der Waals surface area (Å²) in [6.45, 7) is 0. The Labute approximate surface area is 130 Å². The van der Waals surface area contributed by atoms with E-state index in [1.165, 1.54) is 0 Å². The van der Waals surface area contributed by atoms with E-state index in [9.17, 15) is 9.59 Å². The standard InChI is InChI=1S/C18H23NO3/c20-16(21)13-8-9-15(12-13)19-17(22)18(10-4-5-11-18)14-6-2-1-3-7-14/h1-3,6-7,13,15H,4-5,8-12H2,(H,19,22)(H,20,21)/t13-,15+/m0/s1. The van der Waals surface area contributed by atoms with E-state index in [-0.39, 0.29) is 17.9 Å². The van der Waals surface area contributed by atoms with Crippen molar-refractivity contribution in [1.29, 1.82) is 0 Å². The predicted molar refractivity (Wildman–Crippen MR) is 83.5 cm³/mol. The number of carboxylic acid groups (broad SMARTS) is 1. The molecule has 2 saturated carbocycles. The molecule has 0 radical (unpaired) electrons. The highest BCUT2D eigenvalue weighted by Gasteiger charge is 2.44. The molecule has 0 spiro atoms. The molecule has 2 aliphatic rings. The summed E-state index contributed by atoms with van der Waals surface area (Å²) in [5, 5.41) is 12.2. The largest absolute Gasteiger partial charge is 0.481 e. The summed E-state index contributed by atoms with van der Waals surface area (Å²) in [7, 11) is 0. The maximum absolute atomic E-state index is 12.9. The number of benzene rings is 1. The van der Waals surface area contributed by atoms with Crippen LogP contribution in [0.5, 0.6) is 0 Å². The van der Waals surface area contributed by atoms with Crippen molar-refractivity contribution in [2.45, 2.75) is 56.4 Å². The van der Waals surface area contributed by atoms with Crippen LogP contribution in [0.25, 0.3) is 0 Å². The van der Waals surface area contributed by atoms with Crippen LogP contribution in [0.15, 0.2) is 30.3 Å². The third kappa shape index (κ3) is 2.74. The number of carbonyl (C=O) groups is 2. The van der Waals surface area contributed by atoms with Crippen LogP contribution >= 0.6 is 0 Å². The van der Waals surface area contributed by atoms with Crippen LogP contribution in [0, 0.1) is 5.92 Å². The van der Waals surface area contributed by atoms with Gasteiger partial charge in [-0.05, 0) is 37.7 Å². The Hall–Kier alpha value is -1.84. The fourth-order valence-electron chi connectivity index (χ4n) is 4.04. The van der Waals surface area contributed by atoms with E-state index < -0.39 is 11.4 Å². The first-order valence-electron chi connectivity index (χ1n) is 8.21. The SMILES string of the molecule is O=C(O)[C@H]1CC[C@@H](NC(=O)C2(c3ccccc3)CCCC2)C1. The molecule has 1 aromatic rings. The first-order chi connectivity index (χ1) is 10.6. The van der Waals surface area contributed by atoms with E-state index in [1.807, 2.05) is 30.3 Å². The lowest BCUT2D eigenvalue weighted by atomic mass is 9.78. The fraction of sp³-hybridized carbons (Fsp3) is 0.556. The molecule has 1 amide bonds. The fourth-order valence-corrected chi connectivity index (χ4v) is 4.04. The number of aliphatic carboxylic acids is 1. The number of rotatable bonds is 4. The lowest BCUT2D eigenvalue weighted by molar-refractivity contribution is -0.141. The second kappa shape index (κ2) is 6.11. The van der Waals surface area contributed by atoms with E-state index in [4.69, 9.17) is 5.11 Å². The zero-order valence-electron chi connectivity index (χ0n) is 12.8. The molecular weight excluding hydrogens is 278 g/mol. The molecule has 0 bridgehead atoms. The van der Waals surface area contributed by atoms with Gasteiger partial charge >= 0.3 is 5.97 Å². The molecule has 0 heterocycles. The van der Waals surface area contributed by atoms with Gasteiger partial charge in [0.05, 0.1) is 11.3 Å². The molecule has 2 fully saturated rings. The zero-order valence-corrected chi connectivity index (χ0v) is 12.8. The van der Waals surface area contributed by atoms with Crippen molar-refractivity contribution in [3.05, 3.63) is 35.9 Å². The lowest BCUT2D eigenvalue weighted by Crippen LogP contribution is -2.46. The van der Waals surface area contributed by atoms with Crippen LogP contribution in [0.4, 0.5) is 0 Å². The second-order valence-electron chi connectivity index (χ2n) is 6.67. The number of hydrogen-bond donors (Lipinski definition) is 2. The molecule has 118 valence electrons. The minimum absolute atomic E-state index is 0.00906. The molecule has 2 atom stereocenters. The maximum Gasteiger partial charge on any atom is 0.306 e. The van der Waals surface area contributed by atoms with E-state index in [0.717, 1.165) is 37.7 Å². The van der Waals surface area contributed by atoms with Gasteiger partial charge in [0.1, 0.15) is 0 Å². The van der Waals surface area contributed by atoms with Crippen molar-refractivity contribution in [2.24, 2.45) is 5.92 Å². The first kappa shape index (κ1) is 15.1. The van der Waals surface area contributed by atoms with Crippen LogP contribution < -0.4 is 5.32 Å². The minimum Gasteiger partial charge on any atom is -0.481 e. The topological polar surface area (TPSA) is 66.4 Å². The predicted octanol–water partition coefficient (Wildman–Crippen LogP) is 2.87. The van der Waals surface area contributed by atoms with Gasteiger partial charge in [0.15, 0.2) is 0 Å². The summed E-state index contributed by atoms with van der Waals surface area (Å²) in [5.74, 6) is -0.954. The molecule has 4 nitrogen and oxygen atoms in total. The van der Waals surface area contributed by atoms with Gasteiger partial charge in [-0.3, -0.25) is 9.59 Å². The molecular formula is C18H23NO3. The number of carbonyl (C=O) groups excluding carboxylic acids is 1. The molecule has 2 N–H and O–H groups in total. The van der Waals surface area contributed by atoms with Crippen molar-refractivity contribution in [3.8, 4) is 0 Å². The van der Waals surface area contributed by atoms with Gasteiger partial charge in [0.25, 0.3) is 0 Å². The summed E-state index contributed by atoms with van der Waals surface area (Å²) in [4.78, 5) is 24.0. The van der Waals surface area contributed by atoms with Gasteiger partial charge in [0.2, 0.25) is 5.91 Å². The quantitative estimate of drug-likeness (QED) is 0.898. The third-order valence-corrected chi connectivity index (χ3v) is 5.34. The average Bonchev–Trinajstić information content (AvgIpc) is 3.18. The Bertz CT molecular complexity index is 549. The average molecular weight is 301 g/mol. The van der Waals surface area contributed by atoms with Crippen LogP contribution in [0.2, 0.25) is 0 Å². The lowest BCUT2D eigenvalue weighted by Gasteiger charge is -2.30. The maximum atomic E-state index is 12.9. The number of hydrogen-bond acceptors (Lipinski definition) is 2. The first-order valence-corrected chi connectivity index (χ1v) is 8.21. The molecule has 0 aromatic heterocycles. The summed E-state index contributed by atoms with van der Waals surface area (Å²) in [6.07, 6.45) is 5.92. The van der Waals surface area contributed by atoms with Gasteiger partial charge in [-0.15, -0.1) is 0 Å². The Morgan fingerprint density at radius 1 is 1.09 bits per heavy atom. The molecule has 22 heavy (non-hydrogen) atoms. The van der Waals surface area contributed by atoms with Gasteiger partial charge in [-0.2, -0.15) is 0 Å². The minimum atomic E-state index is -0.740. The third-order valence-electron chi connectivity index (χ3n) is 5.34. The van der Waals surface area contributed by atoms with Crippen LogP contribution in [0.1, 0.15) is 50.5 Å². The van der Waals surface area contributed by atoms with Gasteiger partial charge in [-0.25, -0.2) is 0 Å². The Morgan fingerprint density at radius 2 is 1.77 bits per heavy atom. The second-order valence-corrected chi connectivity index (χ2v) is 6.67. The van der Waals surface area contributed by atoms with E-state index >= 15 is 0 Å². The zero-order chi connectivity index (χ0) is 15.6. The van der Waals surface area contributed by atoms with Gasteiger partial charge in [0, 0.05) is 6.04 Å². The van der Waals surface area contributed by atoms with Gasteiger partial charge < -0.3 is 10.4 Å². The molecule has 3 rings (SSSR count). The molecule has 0 aliphatic heterocycles. The molecule has 2 aliphatic carbocycles. The Morgan fingerprint density at radius 3 is 2.36 bits per heavy atom. The van der Waals surface area contributed by atoms with E-state index in [1.54, 1.807) is 0 Å². The summed E-state index contributed by atoms with van der Waals surface area (Å²) in [6, 6.07) is 10.0. The van der Waals surface area contributed by atoms with E-state index in [0.29, 0.717) is 12.8 Å².